The molecule has 0 unspecified atom stereocenters. The lowest BCUT2D eigenvalue weighted by Crippen LogP contribution is -2.37. The summed E-state index contributed by atoms with van der Waals surface area (Å²) in [6, 6.07) is 16.3. The smallest absolute Gasteiger partial charge is 0.410 e. The highest BCUT2D eigenvalue weighted by Crippen LogP contribution is 2.44. The Balaban J connectivity index is 1.30. The topological polar surface area (TPSA) is 88.1 Å². The number of benzene rings is 2. The number of carbonyl (C=O) groups excluding carboxylic acids is 2. The maximum atomic E-state index is 12.4. The number of aliphatic hydroxyl groups excluding tert-OH is 1. The fraction of sp³-hybridized carbons (Fsp3) is 0.440. The number of nitrogens with one attached hydrogen (secondary N) is 1. The Bertz CT molecular complexity index is 954. The second-order valence-electron chi connectivity index (χ2n) is 9.42. The molecule has 1 aliphatic carbocycles. The van der Waals surface area contributed by atoms with Gasteiger partial charge in [0.2, 0.25) is 0 Å². The third-order valence-corrected chi connectivity index (χ3v) is 5.91. The van der Waals surface area contributed by atoms with Gasteiger partial charge in [-0.25, -0.2) is 9.59 Å². The summed E-state index contributed by atoms with van der Waals surface area (Å²) in [5, 5.41) is 13.0. The van der Waals surface area contributed by atoms with E-state index in [0.717, 1.165) is 11.1 Å². The number of nitrogens with zero attached hydrogens (tertiary/aromatic N) is 1. The van der Waals surface area contributed by atoms with Gasteiger partial charge in [-0.1, -0.05) is 48.5 Å². The first kappa shape index (κ1) is 22.1. The van der Waals surface area contributed by atoms with Gasteiger partial charge in [-0.15, -0.1) is 0 Å². The number of hydrogen-bond acceptors (Lipinski definition) is 5. The van der Waals surface area contributed by atoms with Crippen molar-refractivity contribution in [3.8, 4) is 11.1 Å². The maximum absolute atomic E-state index is 12.4. The highest BCUT2D eigenvalue weighted by Gasteiger charge is 2.36. The number of alkyl carbamates (subject to hydrolysis) is 1. The normalized spacial score (nSPS) is 19.9. The first-order chi connectivity index (χ1) is 15.2. The summed E-state index contributed by atoms with van der Waals surface area (Å²) in [7, 11) is 0. The van der Waals surface area contributed by atoms with Gasteiger partial charge in [-0.3, -0.25) is 0 Å². The van der Waals surface area contributed by atoms with Gasteiger partial charge in [0, 0.05) is 24.9 Å². The Hall–Kier alpha value is -3.06. The summed E-state index contributed by atoms with van der Waals surface area (Å²) in [5.74, 6) is -0.282. The predicted molar refractivity (Wildman–Crippen MR) is 120 cm³/mol. The van der Waals surface area contributed by atoms with Crippen LogP contribution in [0.5, 0.6) is 0 Å². The van der Waals surface area contributed by atoms with E-state index in [1.165, 1.54) is 16.0 Å². The van der Waals surface area contributed by atoms with E-state index in [1.54, 1.807) is 20.8 Å². The van der Waals surface area contributed by atoms with Gasteiger partial charge in [0.1, 0.15) is 12.2 Å². The molecule has 0 radical (unpaired) electrons. The first-order valence-electron chi connectivity index (χ1n) is 11.0. The van der Waals surface area contributed by atoms with Crippen molar-refractivity contribution in [1.29, 1.82) is 0 Å². The molecule has 1 saturated heterocycles. The molecule has 2 aromatic rings. The van der Waals surface area contributed by atoms with Gasteiger partial charge in [0.05, 0.1) is 12.6 Å². The summed E-state index contributed by atoms with van der Waals surface area (Å²) in [4.78, 5) is 26.1. The lowest BCUT2D eigenvalue weighted by atomic mass is 9.98. The first-order valence-corrected chi connectivity index (χ1v) is 11.0. The lowest BCUT2D eigenvalue weighted by molar-refractivity contribution is 0.0270. The predicted octanol–water partition coefficient (Wildman–Crippen LogP) is 3.75. The fourth-order valence-electron chi connectivity index (χ4n) is 4.39. The highest BCUT2D eigenvalue weighted by molar-refractivity contribution is 5.79. The summed E-state index contributed by atoms with van der Waals surface area (Å²) in [6.45, 7) is 6.36. The molecule has 7 nitrogen and oxygen atoms in total. The summed E-state index contributed by atoms with van der Waals surface area (Å²) < 4.78 is 10.9. The molecule has 0 saturated carbocycles. The molecule has 0 bridgehead atoms. The second kappa shape index (κ2) is 8.82. The number of likely N-dealkylation sites (tertiary alicyclic amines) is 1. The molecule has 0 spiro atoms. The minimum absolute atomic E-state index is 0.00659. The molecular weight excluding hydrogens is 408 g/mol. The van der Waals surface area contributed by atoms with Crippen LogP contribution < -0.4 is 5.32 Å². The number of amides is 2. The maximum Gasteiger partial charge on any atom is 0.410 e. The van der Waals surface area contributed by atoms with Gasteiger partial charge in [-0.05, 0) is 43.0 Å². The zero-order valence-electron chi connectivity index (χ0n) is 18.7. The molecule has 2 aromatic carbocycles. The number of aliphatic hydroxyl groups is 1. The molecule has 1 aliphatic heterocycles. The van der Waals surface area contributed by atoms with Crippen molar-refractivity contribution >= 4 is 12.2 Å². The van der Waals surface area contributed by atoms with Crippen LogP contribution in [0.1, 0.15) is 37.8 Å². The molecule has 1 fully saturated rings. The van der Waals surface area contributed by atoms with E-state index < -0.39 is 23.9 Å². The van der Waals surface area contributed by atoms with Gasteiger partial charge < -0.3 is 24.8 Å². The molecule has 32 heavy (non-hydrogen) atoms. The molecule has 2 aliphatic rings. The van der Waals surface area contributed by atoms with Crippen LogP contribution in [0.4, 0.5) is 9.59 Å². The standard InChI is InChI=1S/C25H30N2O5/c1-25(2,3)32-24(30)27-13-16(22(28)14-27)12-26-23(29)31-15-21-19-10-6-4-8-17(19)18-9-5-7-11-20(18)21/h4-11,16,21-22,28H,12-15H2,1-3H3,(H,26,29)/t16-,22+/m0/s1. The zero-order chi connectivity index (χ0) is 22.9. The summed E-state index contributed by atoms with van der Waals surface area (Å²) in [6.07, 6.45) is -1.72. The molecule has 0 aromatic heterocycles. The van der Waals surface area contributed by atoms with Crippen molar-refractivity contribution in [2.45, 2.75) is 38.4 Å². The second-order valence-corrected chi connectivity index (χ2v) is 9.42. The van der Waals surface area contributed by atoms with E-state index >= 15 is 0 Å². The van der Waals surface area contributed by atoms with E-state index in [-0.39, 0.29) is 31.5 Å². The van der Waals surface area contributed by atoms with Crippen LogP contribution in [0.15, 0.2) is 48.5 Å². The van der Waals surface area contributed by atoms with E-state index in [9.17, 15) is 14.7 Å². The van der Waals surface area contributed by atoms with Gasteiger partial charge >= 0.3 is 12.2 Å². The summed E-state index contributed by atoms with van der Waals surface area (Å²) in [5.41, 5.74) is 4.06. The van der Waals surface area contributed by atoms with E-state index in [4.69, 9.17) is 9.47 Å². The molecular formula is C25H30N2O5. The monoisotopic (exact) mass is 438 g/mol. The Morgan fingerprint density at radius 1 is 1.03 bits per heavy atom. The van der Waals surface area contributed by atoms with Crippen molar-refractivity contribution in [2.75, 3.05) is 26.2 Å². The van der Waals surface area contributed by atoms with Crippen molar-refractivity contribution in [3.05, 3.63) is 59.7 Å². The molecule has 2 amide bonds. The number of ether oxygens (including phenoxy) is 2. The minimum Gasteiger partial charge on any atom is -0.449 e. The van der Waals surface area contributed by atoms with Crippen LogP contribution in [0, 0.1) is 5.92 Å². The third kappa shape index (κ3) is 4.72. The number of fused-ring (bicyclic) bond motifs is 3. The van der Waals surface area contributed by atoms with E-state index in [0.29, 0.717) is 6.54 Å². The van der Waals surface area contributed by atoms with Crippen molar-refractivity contribution < 1.29 is 24.2 Å². The van der Waals surface area contributed by atoms with Crippen LogP contribution in [0.25, 0.3) is 11.1 Å². The van der Waals surface area contributed by atoms with Crippen molar-refractivity contribution in [1.82, 2.24) is 10.2 Å². The van der Waals surface area contributed by atoms with Crippen molar-refractivity contribution in [3.63, 3.8) is 0 Å². The fourth-order valence-corrected chi connectivity index (χ4v) is 4.39. The Morgan fingerprint density at radius 3 is 2.22 bits per heavy atom. The Morgan fingerprint density at radius 2 is 1.62 bits per heavy atom. The SMILES string of the molecule is CC(C)(C)OC(=O)N1C[C@H](CNC(=O)OCC2c3ccccc3-c3ccccc32)[C@H](O)C1. The molecule has 7 heteroatoms. The molecule has 4 rings (SSSR count). The van der Waals surface area contributed by atoms with Gasteiger partial charge in [0.15, 0.2) is 0 Å². The average Bonchev–Trinajstić information content (AvgIpc) is 3.27. The number of rotatable bonds is 4. The van der Waals surface area contributed by atoms with Crippen LogP contribution in [-0.4, -0.2) is 60.1 Å². The van der Waals surface area contributed by atoms with E-state index in [1.807, 2.05) is 24.3 Å². The zero-order valence-corrected chi connectivity index (χ0v) is 18.7. The Labute approximate surface area is 188 Å². The van der Waals surface area contributed by atoms with Crippen LogP contribution in [0.2, 0.25) is 0 Å². The number of carbonyl (C=O) groups is 2. The average molecular weight is 439 g/mol. The van der Waals surface area contributed by atoms with Gasteiger partial charge in [0.25, 0.3) is 0 Å². The van der Waals surface area contributed by atoms with Crippen molar-refractivity contribution in [2.24, 2.45) is 5.92 Å². The molecule has 1 heterocycles. The number of β-amino-alcohol motifs (C(OH)–C–C–N with tert-alkyl or cyclic N) is 1. The molecule has 170 valence electrons. The van der Waals surface area contributed by atoms with Crippen LogP contribution in [0.3, 0.4) is 0 Å². The lowest BCUT2D eigenvalue weighted by Gasteiger charge is -2.24. The highest BCUT2D eigenvalue weighted by atomic mass is 16.6. The third-order valence-electron chi connectivity index (χ3n) is 5.91. The minimum atomic E-state index is -0.726. The quantitative estimate of drug-likeness (QED) is 0.759. The Kier molecular flexibility index (Phi) is 6.11. The summed E-state index contributed by atoms with van der Waals surface area (Å²) >= 11 is 0. The van der Waals surface area contributed by atoms with Crippen LogP contribution >= 0.6 is 0 Å². The van der Waals surface area contributed by atoms with E-state index in [2.05, 4.69) is 29.6 Å². The molecule has 2 atom stereocenters. The number of hydrogen-bond donors (Lipinski definition) is 2. The molecule has 2 N–H and O–H groups in total. The largest absolute Gasteiger partial charge is 0.449 e. The van der Waals surface area contributed by atoms with Crippen LogP contribution in [-0.2, 0) is 9.47 Å². The van der Waals surface area contributed by atoms with Gasteiger partial charge in [-0.2, -0.15) is 0 Å².